The summed E-state index contributed by atoms with van der Waals surface area (Å²) in [5, 5.41) is 0. The summed E-state index contributed by atoms with van der Waals surface area (Å²) in [6.45, 7) is -1.29. The number of rotatable bonds is 6. The smallest absolute Gasteiger partial charge is 0.344 e. The van der Waals surface area contributed by atoms with Crippen LogP contribution in [-0.2, 0) is 19.6 Å². The first kappa shape index (κ1) is 26.5. The Labute approximate surface area is 213 Å². The first-order valence-electron chi connectivity index (χ1n) is 7.59. The van der Waals surface area contributed by atoms with Gasteiger partial charge in [0.15, 0.2) is 28.2 Å². The van der Waals surface area contributed by atoms with E-state index in [4.69, 9.17) is 9.29 Å². The van der Waals surface area contributed by atoms with Gasteiger partial charge in [0.2, 0.25) is 0 Å². The summed E-state index contributed by atoms with van der Waals surface area (Å²) in [5.74, 6) is -12.4. The Bertz CT molecular complexity index is 1160. The van der Waals surface area contributed by atoms with E-state index in [1.165, 1.54) is 0 Å². The molecule has 0 aliphatic carbocycles. The zero-order valence-electron chi connectivity index (χ0n) is 14.5. The molecule has 0 saturated heterocycles. The lowest BCUT2D eigenvalue weighted by Crippen LogP contribution is -2.20. The van der Waals surface area contributed by atoms with E-state index in [0.717, 1.165) is 7.14 Å². The Balaban J connectivity index is 2.12. The Morgan fingerprint density at radius 3 is 1.84 bits per heavy atom. The standard InChI is InChI=1S/C16H7F4I3O7S/c17-9-8(10(18)12(20)14(11(9)19)31(26,27)28)16(25)30-2-1-29-15(24)6-3-5(21)4-7(22)13(6)23/h3-4H,1-2H2,(H,26,27,28). The lowest BCUT2D eigenvalue weighted by atomic mass is 10.2. The molecule has 0 heterocycles. The van der Waals surface area contributed by atoms with E-state index in [1.54, 1.807) is 6.07 Å². The van der Waals surface area contributed by atoms with Crippen molar-refractivity contribution in [3.8, 4) is 0 Å². The van der Waals surface area contributed by atoms with Crippen molar-refractivity contribution in [1.82, 2.24) is 0 Å². The molecule has 0 aliphatic rings. The molecular formula is C16H7F4I3O7S. The summed E-state index contributed by atoms with van der Waals surface area (Å²) in [6.07, 6.45) is 0. The monoisotopic (exact) mass is 800 g/mol. The molecule has 0 aliphatic heterocycles. The van der Waals surface area contributed by atoms with Gasteiger partial charge in [-0.2, -0.15) is 8.42 Å². The molecule has 0 atom stereocenters. The summed E-state index contributed by atoms with van der Waals surface area (Å²) < 4.78 is 97.3. The molecule has 0 amide bonds. The van der Waals surface area contributed by atoms with Crippen molar-refractivity contribution < 1.29 is 49.6 Å². The topological polar surface area (TPSA) is 107 Å². The second-order valence-electron chi connectivity index (χ2n) is 5.46. The van der Waals surface area contributed by atoms with Gasteiger partial charge >= 0.3 is 22.1 Å². The molecule has 0 aromatic heterocycles. The summed E-state index contributed by atoms with van der Waals surface area (Å²) in [4.78, 5) is 21.7. The predicted molar refractivity (Wildman–Crippen MR) is 121 cm³/mol. The van der Waals surface area contributed by atoms with Crippen molar-refractivity contribution in [3.63, 3.8) is 0 Å². The van der Waals surface area contributed by atoms with E-state index < -0.39 is 69.0 Å². The van der Waals surface area contributed by atoms with Crippen LogP contribution in [0.5, 0.6) is 0 Å². The lowest BCUT2D eigenvalue weighted by Gasteiger charge is -2.11. The molecule has 7 nitrogen and oxygen atoms in total. The van der Waals surface area contributed by atoms with Gasteiger partial charge in [-0.15, -0.1) is 0 Å². The molecule has 0 saturated carbocycles. The molecule has 2 rings (SSSR count). The third-order valence-corrected chi connectivity index (χ3v) is 7.99. The van der Waals surface area contributed by atoms with E-state index in [1.807, 2.05) is 73.8 Å². The van der Waals surface area contributed by atoms with Crippen molar-refractivity contribution in [2.24, 2.45) is 0 Å². The molecule has 0 spiro atoms. The summed E-state index contributed by atoms with van der Waals surface area (Å²) >= 11 is 5.93. The molecule has 1 N–H and O–H groups in total. The zero-order valence-corrected chi connectivity index (χ0v) is 21.8. The Morgan fingerprint density at radius 2 is 1.35 bits per heavy atom. The van der Waals surface area contributed by atoms with Crippen LogP contribution in [0.2, 0.25) is 0 Å². The third kappa shape index (κ3) is 5.96. The molecule has 2 aromatic carbocycles. The van der Waals surface area contributed by atoms with Crippen LogP contribution in [0.25, 0.3) is 0 Å². The highest BCUT2D eigenvalue weighted by molar-refractivity contribution is 14.1. The average Bonchev–Trinajstić information content (AvgIpc) is 2.65. The van der Waals surface area contributed by atoms with E-state index >= 15 is 0 Å². The third-order valence-electron chi connectivity index (χ3n) is 3.45. The van der Waals surface area contributed by atoms with Gasteiger partial charge in [0.05, 0.1) is 5.56 Å². The fourth-order valence-corrected chi connectivity index (χ4v) is 5.15. The van der Waals surface area contributed by atoms with Crippen molar-refractivity contribution in [2.45, 2.75) is 4.90 Å². The largest absolute Gasteiger partial charge is 0.458 e. The van der Waals surface area contributed by atoms with Crippen LogP contribution in [0.1, 0.15) is 20.7 Å². The van der Waals surface area contributed by atoms with Crippen molar-refractivity contribution in [1.29, 1.82) is 0 Å². The molecule has 0 radical (unpaired) electrons. The molecule has 168 valence electrons. The second-order valence-corrected chi connectivity index (χ2v) is 10.3. The second kappa shape index (κ2) is 10.4. The summed E-state index contributed by atoms with van der Waals surface area (Å²) in [7, 11) is -5.66. The quantitative estimate of drug-likeness (QED) is 0.116. The Kier molecular flexibility index (Phi) is 8.89. The van der Waals surface area contributed by atoms with Crippen molar-refractivity contribution in [3.05, 3.63) is 57.2 Å². The Morgan fingerprint density at radius 1 is 0.871 bits per heavy atom. The van der Waals surface area contributed by atoms with Crippen LogP contribution in [0.15, 0.2) is 17.0 Å². The SMILES string of the molecule is O=C(OCCOC(=O)c1c(F)c(F)c(S(=O)(=O)O)c(F)c1F)c1cc(I)cc(I)c1I. The van der Waals surface area contributed by atoms with Crippen LogP contribution in [0, 0.1) is 34.0 Å². The molecule has 31 heavy (non-hydrogen) atoms. The van der Waals surface area contributed by atoms with Gasteiger partial charge in [-0.05, 0) is 79.9 Å². The maximum Gasteiger partial charge on any atom is 0.344 e. The zero-order chi connectivity index (χ0) is 23.7. The fraction of sp³-hybridized carbons (Fsp3) is 0.125. The highest BCUT2D eigenvalue weighted by atomic mass is 127. The van der Waals surface area contributed by atoms with E-state index in [-0.39, 0.29) is 5.56 Å². The number of ether oxygens (including phenoxy) is 2. The van der Waals surface area contributed by atoms with Gasteiger partial charge in [-0.25, -0.2) is 27.2 Å². The maximum atomic E-state index is 13.9. The minimum absolute atomic E-state index is 0.227. The Hall–Kier alpha value is -0.800. The number of hydrogen-bond acceptors (Lipinski definition) is 6. The first-order chi connectivity index (χ1) is 14.3. The van der Waals surface area contributed by atoms with E-state index in [9.17, 15) is 35.6 Å². The van der Waals surface area contributed by atoms with Crippen LogP contribution in [-0.4, -0.2) is 38.1 Å². The number of hydrogen-bond donors (Lipinski definition) is 1. The number of halogens is 7. The van der Waals surface area contributed by atoms with Gasteiger partial charge in [-0.1, -0.05) is 0 Å². The molecule has 15 heteroatoms. The van der Waals surface area contributed by atoms with Crippen LogP contribution >= 0.6 is 67.8 Å². The fourth-order valence-electron chi connectivity index (χ4n) is 2.14. The predicted octanol–water partition coefficient (Wildman–Crippen LogP) is 4.32. The summed E-state index contributed by atoms with van der Waals surface area (Å²) in [6, 6.07) is 3.36. The minimum atomic E-state index is -5.66. The lowest BCUT2D eigenvalue weighted by molar-refractivity contribution is 0.0257. The maximum absolute atomic E-state index is 13.9. The summed E-state index contributed by atoms with van der Waals surface area (Å²) in [5.41, 5.74) is -1.62. The number of benzene rings is 2. The molecular weight excluding hydrogens is 793 g/mol. The highest BCUT2D eigenvalue weighted by Gasteiger charge is 2.35. The van der Waals surface area contributed by atoms with Crippen molar-refractivity contribution in [2.75, 3.05) is 13.2 Å². The molecule has 0 unspecified atom stereocenters. The van der Waals surface area contributed by atoms with Crippen molar-refractivity contribution >= 4 is 89.8 Å². The average molecular weight is 800 g/mol. The minimum Gasteiger partial charge on any atom is -0.458 e. The number of esters is 2. The van der Waals surface area contributed by atoms with Gasteiger partial charge in [0.25, 0.3) is 0 Å². The van der Waals surface area contributed by atoms with Crippen LogP contribution in [0.4, 0.5) is 17.6 Å². The van der Waals surface area contributed by atoms with E-state index in [2.05, 4.69) is 4.74 Å². The van der Waals surface area contributed by atoms with Gasteiger partial charge in [-0.3, -0.25) is 4.55 Å². The van der Waals surface area contributed by atoms with Gasteiger partial charge in [0.1, 0.15) is 18.8 Å². The molecule has 0 bridgehead atoms. The number of carbonyl (C=O) groups is 2. The first-order valence-corrected chi connectivity index (χ1v) is 12.3. The van der Waals surface area contributed by atoms with Crippen LogP contribution < -0.4 is 0 Å². The van der Waals surface area contributed by atoms with Gasteiger partial charge < -0.3 is 9.47 Å². The molecule has 0 fully saturated rings. The molecule has 2 aromatic rings. The normalized spacial score (nSPS) is 11.4. The van der Waals surface area contributed by atoms with Gasteiger partial charge in [0, 0.05) is 10.7 Å². The van der Waals surface area contributed by atoms with Crippen LogP contribution in [0.3, 0.4) is 0 Å². The van der Waals surface area contributed by atoms with E-state index in [0.29, 0.717) is 3.57 Å². The number of carbonyl (C=O) groups excluding carboxylic acids is 2. The highest BCUT2D eigenvalue weighted by Crippen LogP contribution is 2.28.